The zero-order valence-electron chi connectivity index (χ0n) is 10.4. The molecule has 1 saturated carbocycles. The summed E-state index contributed by atoms with van der Waals surface area (Å²) in [5.74, 6) is 2.08. The minimum Gasteiger partial charge on any atom is -0.309 e. The zero-order chi connectivity index (χ0) is 10.7. The summed E-state index contributed by atoms with van der Waals surface area (Å²) in [6.07, 6.45) is 7.37. The Hall–Kier alpha value is -0.0800. The fourth-order valence-corrected chi connectivity index (χ4v) is 3.33. The van der Waals surface area contributed by atoms with E-state index < -0.39 is 0 Å². The number of nitrogens with zero attached hydrogens (tertiary/aromatic N) is 2. The Balaban J connectivity index is 1.69. The fraction of sp³-hybridized carbons (Fsp3) is 1.00. The van der Waals surface area contributed by atoms with Gasteiger partial charge in [-0.2, -0.15) is 0 Å². The minimum absolute atomic E-state index is 1.04. The average Bonchev–Trinajstić information content (AvgIpc) is 2.16. The molecule has 1 aliphatic carbocycles. The highest BCUT2D eigenvalue weighted by Gasteiger charge is 2.29. The molecule has 0 amide bonds. The van der Waals surface area contributed by atoms with Crippen molar-refractivity contribution in [2.75, 3.05) is 40.3 Å². The van der Waals surface area contributed by atoms with Crippen molar-refractivity contribution in [2.24, 2.45) is 11.8 Å². The van der Waals surface area contributed by atoms with Crippen molar-refractivity contribution in [2.45, 2.75) is 32.1 Å². The van der Waals surface area contributed by atoms with Gasteiger partial charge in [0, 0.05) is 13.1 Å². The molecule has 0 aromatic rings. The molecule has 2 nitrogen and oxygen atoms in total. The lowest BCUT2D eigenvalue weighted by atomic mass is 9.78. The number of fused-ring (bicyclic) bond motifs is 2. The van der Waals surface area contributed by atoms with Crippen LogP contribution in [0.15, 0.2) is 0 Å². The molecular weight excluding hydrogens is 184 g/mol. The minimum atomic E-state index is 1.04. The molecular formula is C13H26N2. The van der Waals surface area contributed by atoms with E-state index >= 15 is 0 Å². The molecule has 2 rings (SSSR count). The number of rotatable bonds is 4. The molecule has 15 heavy (non-hydrogen) atoms. The zero-order valence-corrected chi connectivity index (χ0v) is 10.4. The molecule has 2 heteroatoms. The highest BCUT2D eigenvalue weighted by Crippen LogP contribution is 2.34. The Morgan fingerprint density at radius 2 is 1.80 bits per heavy atom. The quantitative estimate of drug-likeness (QED) is 0.701. The van der Waals surface area contributed by atoms with Crippen LogP contribution in [0.25, 0.3) is 0 Å². The molecule has 0 radical (unpaired) electrons. The average molecular weight is 210 g/mol. The van der Waals surface area contributed by atoms with Gasteiger partial charge in [0.25, 0.3) is 0 Å². The monoisotopic (exact) mass is 210 g/mol. The fourth-order valence-electron chi connectivity index (χ4n) is 3.33. The molecule has 2 atom stereocenters. The van der Waals surface area contributed by atoms with Gasteiger partial charge in [0.15, 0.2) is 0 Å². The van der Waals surface area contributed by atoms with Crippen LogP contribution in [-0.2, 0) is 0 Å². The summed E-state index contributed by atoms with van der Waals surface area (Å²) in [5.41, 5.74) is 0. The second-order valence-corrected chi connectivity index (χ2v) is 5.82. The third-order valence-corrected chi connectivity index (χ3v) is 4.00. The summed E-state index contributed by atoms with van der Waals surface area (Å²) in [5, 5.41) is 0. The van der Waals surface area contributed by atoms with E-state index in [1.807, 2.05) is 0 Å². The second-order valence-electron chi connectivity index (χ2n) is 5.82. The van der Waals surface area contributed by atoms with Crippen LogP contribution in [0, 0.1) is 11.8 Å². The van der Waals surface area contributed by atoms with Crippen LogP contribution < -0.4 is 0 Å². The molecule has 2 unspecified atom stereocenters. The molecule has 1 saturated heterocycles. The molecule has 0 N–H and O–H groups in total. The molecule has 0 spiro atoms. The largest absolute Gasteiger partial charge is 0.309 e. The SMILES string of the molecule is CN(C)CCCN1CC2CCCC(C2)C1. The Morgan fingerprint density at radius 1 is 1.13 bits per heavy atom. The summed E-state index contributed by atoms with van der Waals surface area (Å²) < 4.78 is 0. The molecule has 2 bridgehead atoms. The van der Waals surface area contributed by atoms with Crippen molar-refractivity contribution >= 4 is 0 Å². The van der Waals surface area contributed by atoms with E-state index in [0.29, 0.717) is 0 Å². The molecule has 88 valence electrons. The summed E-state index contributed by atoms with van der Waals surface area (Å²) in [7, 11) is 4.34. The van der Waals surface area contributed by atoms with E-state index in [9.17, 15) is 0 Å². The summed E-state index contributed by atoms with van der Waals surface area (Å²) in [6.45, 7) is 5.35. The van der Waals surface area contributed by atoms with Gasteiger partial charge < -0.3 is 9.80 Å². The van der Waals surface area contributed by atoms with Crippen LogP contribution in [0.4, 0.5) is 0 Å². The third kappa shape index (κ3) is 3.46. The summed E-state index contributed by atoms with van der Waals surface area (Å²) in [4.78, 5) is 5.02. The van der Waals surface area contributed by atoms with Crippen LogP contribution in [0.5, 0.6) is 0 Å². The van der Waals surface area contributed by atoms with Crippen LogP contribution in [0.2, 0.25) is 0 Å². The first-order valence-electron chi connectivity index (χ1n) is 6.61. The Bertz CT molecular complexity index is 179. The van der Waals surface area contributed by atoms with Crippen LogP contribution in [0.3, 0.4) is 0 Å². The molecule has 2 aliphatic rings. The maximum atomic E-state index is 2.72. The smallest absolute Gasteiger partial charge is 0.000989 e. The standard InChI is InChI=1S/C13H26N2/c1-14(2)7-4-8-15-10-12-5-3-6-13(9-12)11-15/h12-13H,3-11H2,1-2H3. The molecule has 0 aromatic carbocycles. The predicted octanol–water partition coefficient (Wildman–Crippen LogP) is 2.06. The van der Waals surface area contributed by atoms with Gasteiger partial charge in [0.05, 0.1) is 0 Å². The first kappa shape index (κ1) is 11.4. The van der Waals surface area contributed by atoms with Crippen LogP contribution in [0.1, 0.15) is 32.1 Å². The number of hydrogen-bond acceptors (Lipinski definition) is 2. The maximum absolute atomic E-state index is 2.72. The second kappa shape index (κ2) is 5.31. The first-order chi connectivity index (χ1) is 7.24. The van der Waals surface area contributed by atoms with Crippen LogP contribution >= 0.6 is 0 Å². The van der Waals surface area contributed by atoms with Crippen molar-refractivity contribution in [3.8, 4) is 0 Å². The van der Waals surface area contributed by atoms with Gasteiger partial charge >= 0.3 is 0 Å². The molecule has 0 aromatic heterocycles. The Labute approximate surface area is 94.6 Å². The van der Waals surface area contributed by atoms with Gasteiger partial charge in [0.1, 0.15) is 0 Å². The lowest BCUT2D eigenvalue weighted by Gasteiger charge is -2.41. The van der Waals surface area contributed by atoms with E-state index in [0.717, 1.165) is 11.8 Å². The van der Waals surface area contributed by atoms with E-state index in [-0.39, 0.29) is 0 Å². The van der Waals surface area contributed by atoms with E-state index in [1.54, 1.807) is 0 Å². The lowest BCUT2D eigenvalue weighted by molar-refractivity contribution is 0.0837. The molecule has 2 fully saturated rings. The maximum Gasteiger partial charge on any atom is 0.000989 e. The molecule has 1 aliphatic heterocycles. The van der Waals surface area contributed by atoms with Crippen molar-refractivity contribution in [3.05, 3.63) is 0 Å². The van der Waals surface area contributed by atoms with Crippen LogP contribution in [-0.4, -0.2) is 50.1 Å². The topological polar surface area (TPSA) is 6.48 Å². The number of piperidine rings is 1. The van der Waals surface area contributed by atoms with E-state index in [2.05, 4.69) is 23.9 Å². The van der Waals surface area contributed by atoms with Crippen molar-refractivity contribution in [3.63, 3.8) is 0 Å². The summed E-state index contributed by atoms with van der Waals surface area (Å²) >= 11 is 0. The number of hydrogen-bond donors (Lipinski definition) is 0. The highest BCUT2D eigenvalue weighted by molar-refractivity contribution is 4.83. The normalized spacial score (nSPS) is 32.2. The van der Waals surface area contributed by atoms with Gasteiger partial charge in [-0.25, -0.2) is 0 Å². The van der Waals surface area contributed by atoms with E-state index in [1.165, 1.54) is 58.3 Å². The Kier molecular flexibility index (Phi) is 4.04. The first-order valence-corrected chi connectivity index (χ1v) is 6.61. The van der Waals surface area contributed by atoms with E-state index in [4.69, 9.17) is 0 Å². The van der Waals surface area contributed by atoms with Crippen molar-refractivity contribution in [1.29, 1.82) is 0 Å². The number of likely N-dealkylation sites (tertiary alicyclic amines) is 1. The summed E-state index contributed by atoms with van der Waals surface area (Å²) in [6, 6.07) is 0. The lowest BCUT2D eigenvalue weighted by Crippen LogP contribution is -2.43. The van der Waals surface area contributed by atoms with Crippen molar-refractivity contribution < 1.29 is 0 Å². The van der Waals surface area contributed by atoms with Gasteiger partial charge in [-0.15, -0.1) is 0 Å². The third-order valence-electron chi connectivity index (χ3n) is 4.00. The Morgan fingerprint density at radius 3 is 2.40 bits per heavy atom. The highest BCUT2D eigenvalue weighted by atomic mass is 15.1. The van der Waals surface area contributed by atoms with Gasteiger partial charge in [-0.1, -0.05) is 6.42 Å². The predicted molar refractivity (Wildman–Crippen MR) is 65.1 cm³/mol. The van der Waals surface area contributed by atoms with Crippen molar-refractivity contribution in [1.82, 2.24) is 9.80 Å². The molecule has 1 heterocycles. The van der Waals surface area contributed by atoms with Gasteiger partial charge in [0.2, 0.25) is 0 Å². The van der Waals surface area contributed by atoms with Gasteiger partial charge in [-0.3, -0.25) is 0 Å². The van der Waals surface area contributed by atoms with Gasteiger partial charge in [-0.05, 0) is 64.7 Å².